The van der Waals surface area contributed by atoms with E-state index in [9.17, 15) is 4.79 Å². The van der Waals surface area contributed by atoms with E-state index in [1.807, 2.05) is 35.2 Å². The Kier molecular flexibility index (Phi) is 3.05. The number of likely N-dealkylation sites (tertiary alicyclic amines) is 1. The number of para-hydroxylation sites is 1. The summed E-state index contributed by atoms with van der Waals surface area (Å²) in [5.74, 6) is 1.62. The quantitative estimate of drug-likeness (QED) is 0.782. The van der Waals surface area contributed by atoms with Gasteiger partial charge < -0.3 is 9.32 Å². The van der Waals surface area contributed by atoms with E-state index in [0.29, 0.717) is 17.6 Å². The van der Waals surface area contributed by atoms with Crippen molar-refractivity contribution in [3.8, 4) is 0 Å². The molecule has 0 unspecified atom stereocenters. The molecule has 0 spiro atoms. The molecule has 0 N–H and O–H groups in total. The van der Waals surface area contributed by atoms with Gasteiger partial charge in [0.05, 0.1) is 0 Å². The second kappa shape index (κ2) is 4.72. The molecule has 0 radical (unpaired) electrons. The molecule has 0 saturated carbocycles. The SMILES string of the molecule is C[C@@H]1C[C@H](C)CN(C(=O)c2cc3ccccc3o2)C1. The Morgan fingerprint density at radius 3 is 2.58 bits per heavy atom. The van der Waals surface area contributed by atoms with E-state index in [0.717, 1.165) is 24.1 Å². The van der Waals surface area contributed by atoms with Crippen LogP contribution in [0.2, 0.25) is 0 Å². The number of nitrogens with zero attached hydrogens (tertiary/aromatic N) is 1. The highest BCUT2D eigenvalue weighted by atomic mass is 16.3. The second-order valence-corrected chi connectivity index (χ2v) is 5.80. The number of carbonyl (C=O) groups excluding carboxylic acids is 1. The Morgan fingerprint density at radius 1 is 1.21 bits per heavy atom. The van der Waals surface area contributed by atoms with Crippen molar-refractivity contribution in [2.75, 3.05) is 13.1 Å². The van der Waals surface area contributed by atoms with Crippen molar-refractivity contribution in [1.29, 1.82) is 0 Å². The van der Waals surface area contributed by atoms with Crippen molar-refractivity contribution in [1.82, 2.24) is 4.90 Å². The van der Waals surface area contributed by atoms with Crippen LogP contribution in [0, 0.1) is 11.8 Å². The fraction of sp³-hybridized carbons (Fsp3) is 0.438. The van der Waals surface area contributed by atoms with Crippen molar-refractivity contribution in [3.05, 3.63) is 36.1 Å². The van der Waals surface area contributed by atoms with E-state index >= 15 is 0 Å². The molecule has 3 nitrogen and oxygen atoms in total. The highest BCUT2D eigenvalue weighted by molar-refractivity contribution is 5.96. The molecule has 2 heterocycles. The van der Waals surface area contributed by atoms with Gasteiger partial charge in [-0.25, -0.2) is 0 Å². The molecule has 19 heavy (non-hydrogen) atoms. The molecule has 2 aromatic rings. The summed E-state index contributed by atoms with van der Waals surface area (Å²) in [6.45, 7) is 6.07. The number of hydrogen-bond acceptors (Lipinski definition) is 2. The smallest absolute Gasteiger partial charge is 0.289 e. The third kappa shape index (κ3) is 2.37. The zero-order chi connectivity index (χ0) is 13.4. The van der Waals surface area contributed by atoms with Gasteiger partial charge in [-0.05, 0) is 30.4 Å². The molecule has 100 valence electrons. The van der Waals surface area contributed by atoms with E-state index in [2.05, 4.69) is 13.8 Å². The first-order chi connectivity index (χ1) is 9.13. The second-order valence-electron chi connectivity index (χ2n) is 5.80. The average molecular weight is 257 g/mol. The van der Waals surface area contributed by atoms with E-state index in [1.54, 1.807) is 0 Å². The molecule has 1 fully saturated rings. The summed E-state index contributed by atoms with van der Waals surface area (Å²) < 4.78 is 5.66. The van der Waals surface area contributed by atoms with Crippen molar-refractivity contribution in [3.63, 3.8) is 0 Å². The minimum atomic E-state index is 0.0228. The van der Waals surface area contributed by atoms with Crippen LogP contribution in [0.1, 0.15) is 30.8 Å². The lowest BCUT2D eigenvalue weighted by Crippen LogP contribution is -2.42. The third-order valence-electron chi connectivity index (χ3n) is 3.79. The number of rotatable bonds is 1. The zero-order valence-corrected chi connectivity index (χ0v) is 11.4. The van der Waals surface area contributed by atoms with Gasteiger partial charge in [0.1, 0.15) is 5.58 Å². The minimum Gasteiger partial charge on any atom is -0.451 e. The number of amides is 1. The van der Waals surface area contributed by atoms with Crippen LogP contribution in [-0.4, -0.2) is 23.9 Å². The maximum atomic E-state index is 12.5. The topological polar surface area (TPSA) is 33.5 Å². The van der Waals surface area contributed by atoms with Crippen LogP contribution in [0.25, 0.3) is 11.0 Å². The summed E-state index contributed by atoms with van der Waals surface area (Å²) in [6.07, 6.45) is 1.20. The number of piperidine rings is 1. The lowest BCUT2D eigenvalue weighted by molar-refractivity contribution is 0.0594. The Bertz CT molecular complexity index is 559. The van der Waals surface area contributed by atoms with Crippen LogP contribution in [0.15, 0.2) is 34.7 Å². The fourth-order valence-corrected chi connectivity index (χ4v) is 3.07. The summed E-state index contributed by atoms with van der Waals surface area (Å²) in [4.78, 5) is 14.4. The summed E-state index contributed by atoms with van der Waals surface area (Å²) >= 11 is 0. The summed E-state index contributed by atoms with van der Waals surface area (Å²) in [7, 11) is 0. The maximum absolute atomic E-state index is 12.5. The summed E-state index contributed by atoms with van der Waals surface area (Å²) in [5.41, 5.74) is 0.781. The molecule has 1 aromatic heterocycles. The minimum absolute atomic E-state index is 0.0228. The molecule has 0 bridgehead atoms. The molecular formula is C16H19NO2. The van der Waals surface area contributed by atoms with Gasteiger partial charge in [-0.15, -0.1) is 0 Å². The molecular weight excluding hydrogens is 238 g/mol. The summed E-state index contributed by atoms with van der Waals surface area (Å²) in [5, 5.41) is 0.990. The van der Waals surface area contributed by atoms with Crippen LogP contribution in [0.4, 0.5) is 0 Å². The monoisotopic (exact) mass is 257 g/mol. The number of furan rings is 1. The zero-order valence-electron chi connectivity index (χ0n) is 11.4. The van der Waals surface area contributed by atoms with Crippen LogP contribution >= 0.6 is 0 Å². The van der Waals surface area contributed by atoms with Gasteiger partial charge in [0.2, 0.25) is 0 Å². The Morgan fingerprint density at radius 2 is 1.89 bits per heavy atom. The van der Waals surface area contributed by atoms with Crippen LogP contribution in [0.5, 0.6) is 0 Å². The van der Waals surface area contributed by atoms with Crippen molar-refractivity contribution in [2.24, 2.45) is 11.8 Å². The predicted octanol–water partition coefficient (Wildman–Crippen LogP) is 3.55. The first-order valence-corrected chi connectivity index (χ1v) is 6.91. The molecule has 1 aliphatic rings. The number of benzene rings is 1. The van der Waals surface area contributed by atoms with Gasteiger partial charge in [0.15, 0.2) is 5.76 Å². The van der Waals surface area contributed by atoms with Gasteiger partial charge in [0.25, 0.3) is 5.91 Å². The van der Waals surface area contributed by atoms with E-state index in [1.165, 1.54) is 6.42 Å². The number of fused-ring (bicyclic) bond motifs is 1. The van der Waals surface area contributed by atoms with Crippen molar-refractivity contribution >= 4 is 16.9 Å². The van der Waals surface area contributed by atoms with Crippen LogP contribution in [0.3, 0.4) is 0 Å². The standard InChI is InChI=1S/C16H19NO2/c1-11-7-12(2)10-17(9-11)16(18)15-8-13-5-3-4-6-14(13)19-15/h3-6,8,11-12H,7,9-10H2,1-2H3/t11-,12+. The Balaban J connectivity index is 1.86. The van der Waals surface area contributed by atoms with Crippen molar-refractivity contribution < 1.29 is 9.21 Å². The largest absolute Gasteiger partial charge is 0.451 e. The van der Waals surface area contributed by atoms with E-state index in [4.69, 9.17) is 4.42 Å². The first kappa shape index (κ1) is 12.3. The normalized spacial score (nSPS) is 23.8. The average Bonchev–Trinajstić information content (AvgIpc) is 2.80. The Labute approximate surface area is 113 Å². The van der Waals surface area contributed by atoms with Gasteiger partial charge >= 0.3 is 0 Å². The highest BCUT2D eigenvalue weighted by Gasteiger charge is 2.27. The van der Waals surface area contributed by atoms with E-state index < -0.39 is 0 Å². The van der Waals surface area contributed by atoms with Gasteiger partial charge in [-0.2, -0.15) is 0 Å². The highest BCUT2D eigenvalue weighted by Crippen LogP contribution is 2.25. The molecule has 0 aliphatic carbocycles. The molecule has 1 aromatic carbocycles. The van der Waals surface area contributed by atoms with Gasteiger partial charge in [-0.3, -0.25) is 4.79 Å². The molecule has 1 aliphatic heterocycles. The van der Waals surface area contributed by atoms with Crippen LogP contribution < -0.4 is 0 Å². The van der Waals surface area contributed by atoms with Crippen LogP contribution in [-0.2, 0) is 0 Å². The lowest BCUT2D eigenvalue weighted by atomic mass is 9.92. The first-order valence-electron chi connectivity index (χ1n) is 6.91. The molecule has 1 saturated heterocycles. The van der Waals surface area contributed by atoms with Crippen molar-refractivity contribution in [2.45, 2.75) is 20.3 Å². The molecule has 2 atom stereocenters. The fourth-order valence-electron chi connectivity index (χ4n) is 3.07. The molecule has 1 amide bonds. The number of hydrogen-bond donors (Lipinski definition) is 0. The lowest BCUT2D eigenvalue weighted by Gasteiger charge is -2.34. The molecule has 3 heteroatoms. The number of carbonyl (C=O) groups is 1. The Hall–Kier alpha value is -1.77. The molecule has 3 rings (SSSR count). The van der Waals surface area contributed by atoms with E-state index in [-0.39, 0.29) is 5.91 Å². The van der Waals surface area contributed by atoms with Gasteiger partial charge in [-0.1, -0.05) is 32.0 Å². The predicted molar refractivity (Wildman–Crippen MR) is 75.1 cm³/mol. The van der Waals surface area contributed by atoms with Gasteiger partial charge in [0, 0.05) is 18.5 Å². The summed E-state index contributed by atoms with van der Waals surface area (Å²) in [6, 6.07) is 9.59. The maximum Gasteiger partial charge on any atom is 0.289 e. The third-order valence-corrected chi connectivity index (χ3v) is 3.79.